The van der Waals surface area contributed by atoms with Gasteiger partial charge in [-0.1, -0.05) is 48.6 Å². The lowest BCUT2D eigenvalue weighted by atomic mass is 10.1. The Hall–Kier alpha value is -5.06. The predicted molar refractivity (Wildman–Crippen MR) is 139 cm³/mol. The van der Waals surface area contributed by atoms with E-state index in [1.807, 2.05) is 42.5 Å². The van der Waals surface area contributed by atoms with Crippen LogP contribution >= 0.6 is 0 Å². The van der Waals surface area contributed by atoms with Crippen molar-refractivity contribution in [3.8, 4) is 5.88 Å². The van der Waals surface area contributed by atoms with E-state index in [9.17, 15) is 14.4 Å². The van der Waals surface area contributed by atoms with Crippen molar-refractivity contribution >= 4 is 46.5 Å². The standard InChI is InChI=1S/C27H24N6O5/c1-17(34)29-26-30-23-22(28-16-32(23)21-14-13-18(15-21)25(35)37-2)24(31-26)38-27(36)33(19-9-5-3-6-10-19)20-11-7-4-8-12-20/h3-14,16,18,21H,15H2,1-2H3,(H,29,30,31,34)/t18-,21+/m1/s1. The van der Waals surface area contributed by atoms with Crippen LogP contribution in [0.25, 0.3) is 11.2 Å². The van der Waals surface area contributed by atoms with Gasteiger partial charge in [-0.05, 0) is 30.7 Å². The Morgan fingerprint density at radius 1 is 0.974 bits per heavy atom. The van der Waals surface area contributed by atoms with Crippen LogP contribution in [0.1, 0.15) is 19.4 Å². The van der Waals surface area contributed by atoms with Crippen LogP contribution in [-0.4, -0.2) is 44.6 Å². The van der Waals surface area contributed by atoms with Crippen LogP contribution in [0.3, 0.4) is 0 Å². The van der Waals surface area contributed by atoms with Crippen LogP contribution in [0, 0.1) is 5.92 Å². The van der Waals surface area contributed by atoms with Crippen molar-refractivity contribution in [2.75, 3.05) is 17.3 Å². The predicted octanol–water partition coefficient (Wildman–Crippen LogP) is 4.41. The summed E-state index contributed by atoms with van der Waals surface area (Å²) in [5, 5.41) is 2.55. The molecule has 1 aliphatic rings. The zero-order valence-corrected chi connectivity index (χ0v) is 20.6. The Bertz CT molecular complexity index is 1480. The Balaban J connectivity index is 1.53. The van der Waals surface area contributed by atoms with E-state index in [2.05, 4.69) is 20.3 Å². The lowest BCUT2D eigenvalue weighted by molar-refractivity contribution is -0.143. The molecule has 0 saturated carbocycles. The van der Waals surface area contributed by atoms with Gasteiger partial charge in [-0.25, -0.2) is 14.7 Å². The first-order valence-corrected chi connectivity index (χ1v) is 11.8. The van der Waals surface area contributed by atoms with Gasteiger partial charge in [0, 0.05) is 6.92 Å². The van der Waals surface area contributed by atoms with Crippen LogP contribution in [-0.2, 0) is 14.3 Å². The number of methoxy groups -OCH3 is 1. The van der Waals surface area contributed by atoms with Gasteiger partial charge in [0.05, 0.1) is 36.8 Å². The lowest BCUT2D eigenvalue weighted by Gasteiger charge is -2.22. The SMILES string of the molecule is COC(=O)[C@@H]1C=C[C@H](n2cnc3c(OC(=O)N(c4ccccc4)c4ccccc4)nc(NC(C)=O)nc32)C1. The first kappa shape index (κ1) is 24.6. The summed E-state index contributed by atoms with van der Waals surface area (Å²) in [7, 11) is 1.35. The zero-order valence-electron chi connectivity index (χ0n) is 20.6. The number of esters is 1. The third-order valence-electron chi connectivity index (χ3n) is 5.99. The Kier molecular flexibility index (Phi) is 6.81. The monoisotopic (exact) mass is 512 g/mol. The van der Waals surface area contributed by atoms with E-state index in [1.165, 1.54) is 25.3 Å². The molecule has 11 heteroatoms. The second-order valence-electron chi connectivity index (χ2n) is 8.55. The molecule has 1 aliphatic carbocycles. The highest BCUT2D eigenvalue weighted by molar-refractivity contribution is 5.98. The van der Waals surface area contributed by atoms with Gasteiger partial charge in [-0.2, -0.15) is 9.97 Å². The molecule has 0 spiro atoms. The number of carbonyl (C=O) groups is 3. The Morgan fingerprint density at radius 2 is 1.63 bits per heavy atom. The number of amides is 2. The van der Waals surface area contributed by atoms with Crippen LogP contribution in [0.4, 0.5) is 22.1 Å². The number of hydrogen-bond acceptors (Lipinski definition) is 8. The molecule has 38 heavy (non-hydrogen) atoms. The number of nitrogens with zero attached hydrogens (tertiary/aromatic N) is 5. The smallest absolute Gasteiger partial charge is 0.425 e. The molecule has 0 fully saturated rings. The third-order valence-corrected chi connectivity index (χ3v) is 5.99. The minimum Gasteiger partial charge on any atom is -0.469 e. The molecule has 2 heterocycles. The molecule has 192 valence electrons. The molecule has 2 aromatic heterocycles. The minimum atomic E-state index is -0.725. The van der Waals surface area contributed by atoms with Crippen molar-refractivity contribution in [2.24, 2.45) is 5.92 Å². The average molecular weight is 513 g/mol. The first-order valence-electron chi connectivity index (χ1n) is 11.8. The molecule has 0 radical (unpaired) electrons. The molecule has 0 saturated heterocycles. The molecule has 0 unspecified atom stereocenters. The average Bonchev–Trinajstić information content (AvgIpc) is 3.57. The van der Waals surface area contributed by atoms with E-state index in [-0.39, 0.29) is 29.4 Å². The Labute approximate surface area is 217 Å². The number of anilines is 3. The van der Waals surface area contributed by atoms with Gasteiger partial charge < -0.3 is 14.0 Å². The van der Waals surface area contributed by atoms with Gasteiger partial charge >= 0.3 is 12.1 Å². The molecule has 0 aliphatic heterocycles. The Morgan fingerprint density at radius 3 is 2.24 bits per heavy atom. The topological polar surface area (TPSA) is 129 Å². The largest absolute Gasteiger partial charge is 0.469 e. The summed E-state index contributed by atoms with van der Waals surface area (Å²) in [6.07, 6.45) is 4.90. The molecule has 0 bridgehead atoms. The van der Waals surface area contributed by atoms with E-state index >= 15 is 0 Å². The van der Waals surface area contributed by atoms with Gasteiger partial charge in [-0.3, -0.25) is 14.9 Å². The van der Waals surface area contributed by atoms with Crippen molar-refractivity contribution in [3.05, 3.63) is 79.1 Å². The van der Waals surface area contributed by atoms with Crippen LogP contribution in [0.15, 0.2) is 79.1 Å². The maximum atomic E-state index is 13.6. The number of aromatic nitrogens is 4. The summed E-state index contributed by atoms with van der Waals surface area (Å²) in [5.74, 6) is -1.30. The zero-order chi connectivity index (χ0) is 26.6. The van der Waals surface area contributed by atoms with Gasteiger partial charge in [0.2, 0.25) is 11.9 Å². The van der Waals surface area contributed by atoms with E-state index in [4.69, 9.17) is 9.47 Å². The normalized spacial score (nSPS) is 16.3. The molecule has 11 nitrogen and oxygen atoms in total. The van der Waals surface area contributed by atoms with Crippen LogP contribution in [0.2, 0.25) is 0 Å². The number of rotatable bonds is 6. The lowest BCUT2D eigenvalue weighted by Crippen LogP contribution is -2.29. The summed E-state index contributed by atoms with van der Waals surface area (Å²) in [6.45, 7) is 1.32. The van der Waals surface area contributed by atoms with Gasteiger partial charge in [0.1, 0.15) is 0 Å². The fourth-order valence-electron chi connectivity index (χ4n) is 4.27. The number of fused-ring (bicyclic) bond motifs is 1. The molecular formula is C27H24N6O5. The molecule has 4 aromatic rings. The number of allylic oxidation sites excluding steroid dienone is 1. The maximum Gasteiger partial charge on any atom is 0.425 e. The van der Waals surface area contributed by atoms with Gasteiger partial charge in [-0.15, -0.1) is 0 Å². The third kappa shape index (κ3) is 4.94. The van der Waals surface area contributed by atoms with Crippen molar-refractivity contribution in [1.82, 2.24) is 19.5 Å². The summed E-state index contributed by atoms with van der Waals surface area (Å²) in [6, 6.07) is 17.8. The number of hydrogen-bond donors (Lipinski definition) is 1. The fourth-order valence-corrected chi connectivity index (χ4v) is 4.27. The fraction of sp³-hybridized carbons (Fsp3) is 0.185. The number of nitrogens with one attached hydrogen (secondary N) is 1. The maximum absolute atomic E-state index is 13.6. The number of ether oxygens (including phenoxy) is 2. The van der Waals surface area contributed by atoms with Crippen LogP contribution in [0.5, 0.6) is 5.88 Å². The summed E-state index contributed by atoms with van der Waals surface area (Å²) >= 11 is 0. The molecule has 2 aromatic carbocycles. The molecule has 5 rings (SSSR count). The molecule has 2 amide bonds. The number of carbonyl (C=O) groups excluding carboxylic acids is 3. The summed E-state index contributed by atoms with van der Waals surface area (Å²) in [5.41, 5.74) is 1.74. The molecule has 2 atom stereocenters. The highest BCUT2D eigenvalue weighted by atomic mass is 16.6. The highest BCUT2D eigenvalue weighted by Crippen LogP contribution is 2.34. The van der Waals surface area contributed by atoms with E-state index in [0.717, 1.165) is 0 Å². The van der Waals surface area contributed by atoms with E-state index < -0.39 is 17.9 Å². The number of imidazole rings is 1. The second-order valence-corrected chi connectivity index (χ2v) is 8.55. The number of para-hydroxylation sites is 2. The van der Waals surface area contributed by atoms with Crippen molar-refractivity contribution in [3.63, 3.8) is 0 Å². The summed E-state index contributed by atoms with van der Waals surface area (Å²) in [4.78, 5) is 51.9. The van der Waals surface area contributed by atoms with Crippen molar-refractivity contribution < 1.29 is 23.9 Å². The minimum absolute atomic E-state index is 0.0491. The quantitative estimate of drug-likeness (QED) is 0.297. The van der Waals surface area contributed by atoms with Crippen LogP contribution < -0.4 is 15.0 Å². The summed E-state index contributed by atoms with van der Waals surface area (Å²) < 4.78 is 12.4. The van der Waals surface area contributed by atoms with Gasteiger partial charge in [0.15, 0.2) is 11.2 Å². The van der Waals surface area contributed by atoms with Crippen molar-refractivity contribution in [2.45, 2.75) is 19.4 Å². The molecule has 1 N–H and O–H groups in total. The first-order chi connectivity index (χ1) is 18.4. The van der Waals surface area contributed by atoms with E-state index in [0.29, 0.717) is 23.4 Å². The van der Waals surface area contributed by atoms with E-state index in [1.54, 1.807) is 34.9 Å². The molecular weight excluding hydrogens is 488 g/mol. The highest BCUT2D eigenvalue weighted by Gasteiger charge is 2.29. The number of benzene rings is 2. The van der Waals surface area contributed by atoms with Gasteiger partial charge in [0.25, 0.3) is 5.88 Å². The van der Waals surface area contributed by atoms with Crippen molar-refractivity contribution in [1.29, 1.82) is 0 Å². The second kappa shape index (κ2) is 10.5.